The maximum atomic E-state index is 12.8. The Balaban J connectivity index is 2.09. The summed E-state index contributed by atoms with van der Waals surface area (Å²) in [6, 6.07) is 8.22. The van der Waals surface area contributed by atoms with E-state index in [9.17, 15) is 39.6 Å². The van der Waals surface area contributed by atoms with E-state index in [1.54, 1.807) is 0 Å². The summed E-state index contributed by atoms with van der Waals surface area (Å²) in [5, 5.41) is 2.27. The van der Waals surface area contributed by atoms with Gasteiger partial charge < -0.3 is 5.32 Å². The highest BCUT2D eigenvalue weighted by molar-refractivity contribution is 7.91. The minimum Gasteiger partial charge on any atom is -0.352 e. The zero-order chi connectivity index (χ0) is 21.9. The van der Waals surface area contributed by atoms with E-state index in [0.717, 1.165) is 30.3 Å². The normalized spacial score (nSPS) is 12.6. The predicted octanol–water partition coefficient (Wildman–Crippen LogP) is 4.50. The van der Waals surface area contributed by atoms with Crippen LogP contribution in [0.2, 0.25) is 0 Å². The minimum absolute atomic E-state index is 0.124. The van der Waals surface area contributed by atoms with E-state index in [1.165, 1.54) is 12.1 Å². The van der Waals surface area contributed by atoms with Crippen LogP contribution in [0.3, 0.4) is 0 Å². The molecule has 4 nitrogen and oxygen atoms in total. The molecule has 0 atom stereocenters. The number of nitrogens with one attached hydrogen (secondary N) is 1. The van der Waals surface area contributed by atoms with Crippen LogP contribution in [0.4, 0.5) is 26.3 Å². The lowest BCUT2D eigenvalue weighted by Gasteiger charge is -2.10. The molecule has 0 heterocycles. The van der Waals surface area contributed by atoms with Crippen molar-refractivity contribution in [3.05, 3.63) is 59.7 Å². The summed E-state index contributed by atoms with van der Waals surface area (Å²) in [6.07, 6.45) is -11.1. The van der Waals surface area contributed by atoms with Crippen LogP contribution in [0.25, 0.3) is 0 Å². The fourth-order valence-electron chi connectivity index (χ4n) is 2.31. The van der Waals surface area contributed by atoms with Crippen molar-refractivity contribution in [1.82, 2.24) is 5.32 Å². The van der Waals surface area contributed by atoms with Gasteiger partial charge in [-0.1, -0.05) is 18.2 Å². The number of benzene rings is 2. The molecule has 0 aliphatic rings. The second-order valence-electron chi connectivity index (χ2n) is 6.06. The zero-order valence-electron chi connectivity index (χ0n) is 14.6. The van der Waals surface area contributed by atoms with Gasteiger partial charge >= 0.3 is 12.4 Å². The molecule has 11 heteroatoms. The molecule has 0 saturated carbocycles. The van der Waals surface area contributed by atoms with Gasteiger partial charge in [0.15, 0.2) is 0 Å². The highest BCUT2D eigenvalue weighted by Gasteiger charge is 2.32. The standard InChI is InChI=1S/C18H15F6NO3S/c19-17(20,21)9-8-16(26)25-11-12-4-6-14(7-5-12)29(27,28)15-3-1-2-13(10-15)18(22,23)24/h1-7,10H,8-9,11H2,(H,25,26). The van der Waals surface area contributed by atoms with Gasteiger partial charge in [0.25, 0.3) is 0 Å². The largest absolute Gasteiger partial charge is 0.416 e. The molecule has 158 valence electrons. The molecule has 0 spiro atoms. The lowest BCUT2D eigenvalue weighted by atomic mass is 10.2. The Labute approximate surface area is 162 Å². The Kier molecular flexibility index (Phi) is 6.61. The number of carbonyl (C=O) groups is 1. The Morgan fingerprint density at radius 2 is 1.52 bits per heavy atom. The lowest BCUT2D eigenvalue weighted by molar-refractivity contribution is -0.144. The van der Waals surface area contributed by atoms with Gasteiger partial charge in [-0.05, 0) is 35.9 Å². The van der Waals surface area contributed by atoms with Crippen LogP contribution in [0.15, 0.2) is 58.3 Å². The molecule has 0 aliphatic heterocycles. The van der Waals surface area contributed by atoms with Crippen molar-refractivity contribution in [2.24, 2.45) is 0 Å². The third-order valence-electron chi connectivity index (χ3n) is 3.83. The predicted molar refractivity (Wildman–Crippen MR) is 90.5 cm³/mol. The molecule has 0 aliphatic carbocycles. The molecule has 0 saturated heterocycles. The number of rotatable bonds is 6. The fraction of sp³-hybridized carbons (Fsp3) is 0.278. The van der Waals surface area contributed by atoms with Crippen LogP contribution in [-0.2, 0) is 27.4 Å². The van der Waals surface area contributed by atoms with Gasteiger partial charge in [0, 0.05) is 13.0 Å². The van der Waals surface area contributed by atoms with Crippen molar-refractivity contribution < 1.29 is 39.6 Å². The number of hydrogen-bond donors (Lipinski definition) is 1. The van der Waals surface area contributed by atoms with Crippen molar-refractivity contribution in [3.8, 4) is 0 Å². The molecule has 2 rings (SSSR count). The first-order valence-electron chi connectivity index (χ1n) is 8.14. The number of alkyl halides is 6. The molecular formula is C18H15F6NO3S. The summed E-state index contributed by atoms with van der Waals surface area (Å²) in [4.78, 5) is 10.6. The highest BCUT2D eigenvalue weighted by atomic mass is 32.2. The number of amides is 1. The van der Waals surface area contributed by atoms with Crippen molar-refractivity contribution in [1.29, 1.82) is 0 Å². The first-order chi connectivity index (χ1) is 13.3. The second kappa shape index (κ2) is 8.44. The highest BCUT2D eigenvalue weighted by Crippen LogP contribution is 2.32. The smallest absolute Gasteiger partial charge is 0.352 e. The van der Waals surface area contributed by atoms with E-state index in [1.807, 2.05) is 0 Å². The average molecular weight is 439 g/mol. The molecular weight excluding hydrogens is 424 g/mol. The van der Waals surface area contributed by atoms with E-state index in [0.29, 0.717) is 11.6 Å². The monoisotopic (exact) mass is 439 g/mol. The molecule has 29 heavy (non-hydrogen) atoms. The maximum absolute atomic E-state index is 12.8. The zero-order valence-corrected chi connectivity index (χ0v) is 15.5. The molecule has 0 aromatic heterocycles. The molecule has 0 bridgehead atoms. The topological polar surface area (TPSA) is 63.2 Å². The van der Waals surface area contributed by atoms with Gasteiger partial charge in [0.05, 0.1) is 21.8 Å². The summed E-state index contributed by atoms with van der Waals surface area (Å²) in [5.41, 5.74) is -0.690. The second-order valence-corrected chi connectivity index (χ2v) is 8.01. The first-order valence-corrected chi connectivity index (χ1v) is 9.62. The van der Waals surface area contributed by atoms with Crippen LogP contribution in [0.1, 0.15) is 24.0 Å². The third kappa shape index (κ3) is 6.48. The van der Waals surface area contributed by atoms with Gasteiger partial charge in [-0.25, -0.2) is 8.42 Å². The summed E-state index contributed by atoms with van der Waals surface area (Å²) >= 11 is 0. The van der Waals surface area contributed by atoms with E-state index >= 15 is 0 Å². The van der Waals surface area contributed by atoms with Crippen LogP contribution >= 0.6 is 0 Å². The van der Waals surface area contributed by atoms with Gasteiger partial charge in [-0.2, -0.15) is 26.3 Å². The van der Waals surface area contributed by atoms with Gasteiger partial charge in [-0.15, -0.1) is 0 Å². The van der Waals surface area contributed by atoms with Gasteiger partial charge in [0.2, 0.25) is 15.7 Å². The summed E-state index contributed by atoms with van der Waals surface area (Å²) in [6.45, 7) is -0.124. The van der Waals surface area contributed by atoms with Crippen molar-refractivity contribution in [2.75, 3.05) is 0 Å². The Morgan fingerprint density at radius 1 is 0.897 bits per heavy atom. The van der Waals surface area contributed by atoms with Crippen molar-refractivity contribution in [3.63, 3.8) is 0 Å². The van der Waals surface area contributed by atoms with E-state index in [4.69, 9.17) is 0 Å². The molecule has 0 unspecified atom stereocenters. The van der Waals surface area contributed by atoms with Crippen molar-refractivity contribution >= 4 is 15.7 Å². The van der Waals surface area contributed by atoms with Crippen LogP contribution in [-0.4, -0.2) is 20.5 Å². The van der Waals surface area contributed by atoms with Gasteiger partial charge in [0.1, 0.15) is 0 Å². The maximum Gasteiger partial charge on any atom is 0.416 e. The van der Waals surface area contributed by atoms with Crippen LogP contribution in [0.5, 0.6) is 0 Å². The van der Waals surface area contributed by atoms with Crippen LogP contribution in [0, 0.1) is 0 Å². The quantitative estimate of drug-likeness (QED) is 0.675. The van der Waals surface area contributed by atoms with Crippen molar-refractivity contribution in [2.45, 2.75) is 41.5 Å². The number of halogens is 6. The fourth-order valence-corrected chi connectivity index (χ4v) is 3.61. The van der Waals surface area contributed by atoms with Gasteiger partial charge in [-0.3, -0.25) is 4.79 Å². The van der Waals surface area contributed by atoms with Crippen LogP contribution < -0.4 is 5.32 Å². The van der Waals surface area contributed by atoms with E-state index in [-0.39, 0.29) is 11.4 Å². The minimum atomic E-state index is -4.69. The SMILES string of the molecule is O=C(CCC(F)(F)F)NCc1ccc(S(=O)(=O)c2cccc(C(F)(F)F)c2)cc1. The Hall–Kier alpha value is -2.56. The number of sulfone groups is 1. The Bertz CT molecular complexity index is 966. The lowest BCUT2D eigenvalue weighted by Crippen LogP contribution is -2.24. The summed E-state index contributed by atoms with van der Waals surface area (Å²) in [7, 11) is -4.21. The molecule has 0 fully saturated rings. The molecule has 1 N–H and O–H groups in total. The molecule has 1 amide bonds. The summed E-state index contributed by atoms with van der Waals surface area (Å²) < 4.78 is 99.6. The third-order valence-corrected chi connectivity index (χ3v) is 5.60. The molecule has 0 radical (unpaired) electrons. The molecule has 2 aromatic rings. The first kappa shape index (κ1) is 22.7. The number of carbonyl (C=O) groups excluding carboxylic acids is 1. The van der Waals surface area contributed by atoms with E-state index < -0.39 is 51.4 Å². The number of hydrogen-bond acceptors (Lipinski definition) is 3. The molecule has 2 aromatic carbocycles. The van der Waals surface area contributed by atoms with E-state index in [2.05, 4.69) is 5.32 Å². The average Bonchev–Trinajstić information content (AvgIpc) is 2.64. The summed E-state index contributed by atoms with van der Waals surface area (Å²) in [5.74, 6) is -0.817. The Morgan fingerprint density at radius 3 is 2.07 bits per heavy atom.